The lowest BCUT2D eigenvalue weighted by Gasteiger charge is -2.59. The van der Waals surface area contributed by atoms with Crippen LogP contribution in [0.25, 0.3) is 0 Å². The van der Waals surface area contributed by atoms with Gasteiger partial charge in [0, 0.05) is 0 Å². The van der Waals surface area contributed by atoms with Gasteiger partial charge in [-0.15, -0.1) is 0 Å². The first-order valence-electron chi connectivity index (χ1n) is 13.0. The molecule has 4 aliphatic carbocycles. The van der Waals surface area contributed by atoms with Gasteiger partial charge in [-0.3, -0.25) is 0 Å². The molecule has 1 N–H and O–H groups in total. The van der Waals surface area contributed by atoms with E-state index in [4.69, 9.17) is 0 Å². The molecule has 0 amide bonds. The summed E-state index contributed by atoms with van der Waals surface area (Å²) in [5.74, 6) is 5.44. The minimum absolute atomic E-state index is 0.368. The lowest BCUT2D eigenvalue weighted by molar-refractivity contribution is -0.0706. The van der Waals surface area contributed by atoms with Gasteiger partial charge in [0.05, 0.1) is 5.60 Å². The van der Waals surface area contributed by atoms with Crippen molar-refractivity contribution in [2.24, 2.45) is 46.3 Å². The topological polar surface area (TPSA) is 20.2 Å². The van der Waals surface area contributed by atoms with Gasteiger partial charge in [0.1, 0.15) is 0 Å². The van der Waals surface area contributed by atoms with Crippen molar-refractivity contribution in [3.05, 3.63) is 11.6 Å². The highest BCUT2D eigenvalue weighted by Crippen LogP contribution is 2.67. The van der Waals surface area contributed by atoms with Gasteiger partial charge in [0.15, 0.2) is 0 Å². The van der Waals surface area contributed by atoms with Crippen LogP contribution in [0.5, 0.6) is 0 Å². The molecule has 3 saturated carbocycles. The summed E-state index contributed by atoms with van der Waals surface area (Å²) in [6.45, 7) is 14.7. The first-order chi connectivity index (χ1) is 13.6. The summed E-state index contributed by atoms with van der Waals surface area (Å²) in [7, 11) is 0. The smallest absolute Gasteiger partial charge is 0.0657 e. The summed E-state index contributed by atoms with van der Waals surface area (Å²) in [6, 6.07) is 0. The fourth-order valence-electron chi connectivity index (χ4n) is 8.73. The molecule has 1 nitrogen and oxygen atoms in total. The van der Waals surface area contributed by atoms with Crippen LogP contribution in [0.3, 0.4) is 0 Å². The van der Waals surface area contributed by atoms with Gasteiger partial charge in [-0.1, -0.05) is 65.5 Å². The van der Waals surface area contributed by atoms with E-state index in [0.29, 0.717) is 10.8 Å². The third kappa shape index (κ3) is 3.66. The van der Waals surface area contributed by atoms with E-state index in [2.05, 4.69) is 47.6 Å². The first kappa shape index (κ1) is 21.9. The number of rotatable bonds is 5. The van der Waals surface area contributed by atoms with Gasteiger partial charge in [-0.25, -0.2) is 0 Å². The van der Waals surface area contributed by atoms with E-state index >= 15 is 0 Å². The molecule has 0 radical (unpaired) electrons. The average molecular weight is 401 g/mol. The molecule has 0 heterocycles. The molecule has 9 unspecified atom stereocenters. The van der Waals surface area contributed by atoms with E-state index in [1.54, 1.807) is 5.57 Å². The maximum atomic E-state index is 10.7. The molecule has 4 rings (SSSR count). The zero-order valence-electron chi connectivity index (χ0n) is 20.3. The molecule has 0 aromatic carbocycles. The molecule has 0 bridgehead atoms. The van der Waals surface area contributed by atoms with E-state index < -0.39 is 5.60 Å². The Morgan fingerprint density at radius 1 is 1.00 bits per heavy atom. The van der Waals surface area contributed by atoms with Gasteiger partial charge in [-0.2, -0.15) is 0 Å². The van der Waals surface area contributed by atoms with Gasteiger partial charge >= 0.3 is 0 Å². The summed E-state index contributed by atoms with van der Waals surface area (Å²) < 4.78 is 0. The summed E-state index contributed by atoms with van der Waals surface area (Å²) in [4.78, 5) is 0. The van der Waals surface area contributed by atoms with E-state index in [1.807, 2.05) is 0 Å². The first-order valence-corrected chi connectivity index (χ1v) is 13.0. The molecule has 3 fully saturated rings. The second kappa shape index (κ2) is 7.68. The van der Waals surface area contributed by atoms with Crippen LogP contribution >= 0.6 is 0 Å². The van der Waals surface area contributed by atoms with Crippen LogP contribution in [0.2, 0.25) is 0 Å². The third-order valence-electron chi connectivity index (χ3n) is 11.0. The number of hydrogen-bond acceptors (Lipinski definition) is 1. The Labute approximate surface area is 181 Å². The fraction of sp³-hybridized carbons (Fsp3) is 0.929. The predicted octanol–water partition coefficient (Wildman–Crippen LogP) is 7.78. The minimum atomic E-state index is -0.467. The third-order valence-corrected chi connectivity index (χ3v) is 11.0. The predicted molar refractivity (Wildman–Crippen MR) is 124 cm³/mol. The maximum Gasteiger partial charge on any atom is 0.0657 e. The molecule has 0 aromatic heterocycles. The maximum absolute atomic E-state index is 10.7. The number of allylic oxidation sites excluding steroid dienone is 1. The van der Waals surface area contributed by atoms with Crippen molar-refractivity contribution in [3.63, 3.8) is 0 Å². The molecule has 0 aliphatic heterocycles. The number of hydrogen-bond donors (Lipinski definition) is 1. The zero-order valence-corrected chi connectivity index (χ0v) is 20.3. The summed E-state index contributed by atoms with van der Waals surface area (Å²) >= 11 is 0. The van der Waals surface area contributed by atoms with Crippen LogP contribution in [0.15, 0.2) is 11.6 Å². The molecule has 0 aromatic rings. The molecule has 0 saturated heterocycles. The highest BCUT2D eigenvalue weighted by Gasteiger charge is 2.59. The van der Waals surface area contributed by atoms with Crippen LogP contribution in [0, 0.1) is 46.3 Å². The van der Waals surface area contributed by atoms with E-state index in [9.17, 15) is 5.11 Å². The highest BCUT2D eigenvalue weighted by molar-refractivity contribution is 5.26. The van der Waals surface area contributed by atoms with Gasteiger partial charge in [0.25, 0.3) is 0 Å². The van der Waals surface area contributed by atoms with Gasteiger partial charge < -0.3 is 5.11 Å². The Kier molecular flexibility index (Phi) is 5.81. The van der Waals surface area contributed by atoms with Crippen molar-refractivity contribution >= 4 is 0 Å². The largest absolute Gasteiger partial charge is 0.390 e. The Morgan fingerprint density at radius 2 is 1.76 bits per heavy atom. The molecular formula is C28H48O. The van der Waals surface area contributed by atoms with E-state index in [1.165, 1.54) is 57.8 Å². The standard InChI is InChI=1S/C28H48O/c1-7-19(2)8-9-20(3)23-12-13-24-22-11-10-21-18-26(4,29)16-17-27(21,5)25(22)14-15-28(23,24)6/h10,19-20,22-25,29H,7-9,11-18H2,1-6H3. The van der Waals surface area contributed by atoms with Crippen LogP contribution < -0.4 is 0 Å². The van der Waals surface area contributed by atoms with Gasteiger partial charge in [-0.05, 0) is 105 Å². The van der Waals surface area contributed by atoms with E-state index in [0.717, 1.165) is 48.3 Å². The van der Waals surface area contributed by atoms with Crippen molar-refractivity contribution in [2.75, 3.05) is 0 Å². The number of aliphatic hydroxyl groups is 1. The fourth-order valence-corrected chi connectivity index (χ4v) is 8.73. The zero-order chi connectivity index (χ0) is 21.0. The Hall–Kier alpha value is -0.300. The van der Waals surface area contributed by atoms with Crippen molar-refractivity contribution in [1.29, 1.82) is 0 Å². The number of fused-ring (bicyclic) bond motifs is 5. The van der Waals surface area contributed by atoms with Crippen molar-refractivity contribution in [1.82, 2.24) is 0 Å². The normalized spacial score (nSPS) is 48.9. The van der Waals surface area contributed by atoms with Crippen molar-refractivity contribution in [2.45, 2.75) is 118 Å². The molecule has 1 heteroatoms. The van der Waals surface area contributed by atoms with Crippen LogP contribution in [-0.4, -0.2) is 10.7 Å². The molecule has 166 valence electrons. The van der Waals surface area contributed by atoms with Crippen LogP contribution in [-0.2, 0) is 0 Å². The Balaban J connectivity index is 1.51. The quantitative estimate of drug-likeness (QED) is 0.467. The van der Waals surface area contributed by atoms with Crippen LogP contribution in [0.1, 0.15) is 112 Å². The lowest BCUT2D eigenvalue weighted by Crippen LogP contribution is -2.52. The molecule has 0 spiro atoms. The SMILES string of the molecule is CCC(C)CCC(C)C1CCC2C3CC=C4CC(C)(O)CCC4(C)C3CCC12C. The Morgan fingerprint density at radius 3 is 2.48 bits per heavy atom. The Bertz CT molecular complexity index is 632. The second-order valence-electron chi connectivity index (χ2n) is 12.7. The molecule has 9 atom stereocenters. The summed E-state index contributed by atoms with van der Waals surface area (Å²) in [6.07, 6.45) is 17.0. The summed E-state index contributed by atoms with van der Waals surface area (Å²) in [5.41, 5.74) is 2.09. The molecule has 29 heavy (non-hydrogen) atoms. The summed E-state index contributed by atoms with van der Waals surface area (Å²) in [5, 5.41) is 10.7. The molecule has 4 aliphatic rings. The lowest BCUT2D eigenvalue weighted by atomic mass is 9.46. The van der Waals surface area contributed by atoms with Crippen molar-refractivity contribution in [3.8, 4) is 0 Å². The van der Waals surface area contributed by atoms with Gasteiger partial charge in [0.2, 0.25) is 0 Å². The van der Waals surface area contributed by atoms with E-state index in [-0.39, 0.29) is 0 Å². The monoisotopic (exact) mass is 400 g/mol. The minimum Gasteiger partial charge on any atom is -0.390 e. The average Bonchev–Trinajstić information content (AvgIpc) is 3.03. The van der Waals surface area contributed by atoms with Crippen molar-refractivity contribution < 1.29 is 5.11 Å². The second-order valence-corrected chi connectivity index (χ2v) is 12.7. The van der Waals surface area contributed by atoms with Crippen LogP contribution in [0.4, 0.5) is 0 Å². The highest BCUT2D eigenvalue weighted by atomic mass is 16.3. The molecular weight excluding hydrogens is 352 g/mol.